The standard InChI is InChI=1S/C18H25BrN2O4/c1-11(2)15(17(24)20-10-14(22)25-18(3,4)5)21-16(23)12-8-6-7-9-13(12)19/h6-9,11,15H,10H2,1-5H3,(H,20,24)(H,21,23). The topological polar surface area (TPSA) is 84.5 Å². The summed E-state index contributed by atoms with van der Waals surface area (Å²) in [4.78, 5) is 36.5. The zero-order chi connectivity index (χ0) is 19.2. The minimum Gasteiger partial charge on any atom is -0.459 e. The molecule has 25 heavy (non-hydrogen) atoms. The van der Waals surface area contributed by atoms with Crippen molar-refractivity contribution in [1.82, 2.24) is 10.6 Å². The summed E-state index contributed by atoms with van der Waals surface area (Å²) in [5.74, 6) is -1.47. The van der Waals surface area contributed by atoms with Crippen LogP contribution in [0.25, 0.3) is 0 Å². The van der Waals surface area contributed by atoms with Gasteiger partial charge in [0.05, 0.1) is 5.56 Å². The van der Waals surface area contributed by atoms with Gasteiger partial charge in [0.2, 0.25) is 5.91 Å². The lowest BCUT2D eigenvalue weighted by Crippen LogP contribution is -2.51. The molecule has 0 aliphatic heterocycles. The molecule has 7 heteroatoms. The first-order chi connectivity index (χ1) is 11.5. The van der Waals surface area contributed by atoms with Gasteiger partial charge >= 0.3 is 5.97 Å². The van der Waals surface area contributed by atoms with Crippen molar-refractivity contribution in [3.05, 3.63) is 34.3 Å². The van der Waals surface area contributed by atoms with Crippen LogP contribution in [0.4, 0.5) is 0 Å². The van der Waals surface area contributed by atoms with Crippen LogP contribution in [-0.4, -0.2) is 36.0 Å². The molecule has 0 spiro atoms. The fourth-order valence-electron chi connectivity index (χ4n) is 2.05. The van der Waals surface area contributed by atoms with Crippen molar-refractivity contribution in [3.8, 4) is 0 Å². The Labute approximate surface area is 156 Å². The minimum absolute atomic E-state index is 0.148. The maximum Gasteiger partial charge on any atom is 0.325 e. The van der Waals surface area contributed by atoms with E-state index in [4.69, 9.17) is 4.74 Å². The van der Waals surface area contributed by atoms with E-state index in [0.717, 1.165) is 0 Å². The van der Waals surface area contributed by atoms with Crippen LogP contribution in [0.5, 0.6) is 0 Å². The van der Waals surface area contributed by atoms with Gasteiger partial charge in [-0.3, -0.25) is 14.4 Å². The van der Waals surface area contributed by atoms with E-state index >= 15 is 0 Å². The number of amides is 2. The van der Waals surface area contributed by atoms with Crippen LogP contribution >= 0.6 is 15.9 Å². The predicted octanol–water partition coefficient (Wildman–Crippen LogP) is 2.66. The molecule has 1 rings (SSSR count). The summed E-state index contributed by atoms with van der Waals surface area (Å²) in [5.41, 5.74) is -0.180. The lowest BCUT2D eigenvalue weighted by Gasteiger charge is -2.23. The number of ether oxygens (including phenoxy) is 1. The largest absolute Gasteiger partial charge is 0.459 e. The van der Waals surface area contributed by atoms with Gasteiger partial charge in [0.1, 0.15) is 18.2 Å². The molecule has 0 fully saturated rings. The van der Waals surface area contributed by atoms with Crippen LogP contribution < -0.4 is 10.6 Å². The summed E-state index contributed by atoms with van der Waals surface area (Å²) in [6.07, 6.45) is 0. The van der Waals surface area contributed by atoms with E-state index in [0.29, 0.717) is 10.0 Å². The van der Waals surface area contributed by atoms with Gasteiger partial charge in [-0.15, -0.1) is 0 Å². The molecule has 138 valence electrons. The van der Waals surface area contributed by atoms with Crippen LogP contribution in [0.1, 0.15) is 45.0 Å². The number of benzene rings is 1. The van der Waals surface area contributed by atoms with Gasteiger partial charge in [-0.2, -0.15) is 0 Å². The molecule has 0 aliphatic rings. The summed E-state index contributed by atoms with van der Waals surface area (Å²) in [5, 5.41) is 5.23. The van der Waals surface area contributed by atoms with Crippen LogP contribution in [0, 0.1) is 5.92 Å². The highest BCUT2D eigenvalue weighted by Gasteiger charge is 2.26. The molecule has 1 unspecified atom stereocenters. The summed E-state index contributed by atoms with van der Waals surface area (Å²) in [6, 6.07) is 6.19. The molecule has 6 nitrogen and oxygen atoms in total. The highest BCUT2D eigenvalue weighted by Crippen LogP contribution is 2.16. The van der Waals surface area contributed by atoms with Gasteiger partial charge in [0.15, 0.2) is 0 Å². The fraction of sp³-hybridized carbons (Fsp3) is 0.500. The Kier molecular flexibility index (Phi) is 7.60. The van der Waals surface area contributed by atoms with Crippen LogP contribution in [0.2, 0.25) is 0 Å². The van der Waals surface area contributed by atoms with Gasteiger partial charge in [0, 0.05) is 4.47 Å². The number of carbonyl (C=O) groups is 3. The number of hydrogen-bond acceptors (Lipinski definition) is 4. The zero-order valence-electron chi connectivity index (χ0n) is 15.2. The summed E-state index contributed by atoms with van der Waals surface area (Å²) < 4.78 is 5.79. The fourth-order valence-corrected chi connectivity index (χ4v) is 2.51. The molecule has 0 radical (unpaired) electrons. The number of hydrogen-bond donors (Lipinski definition) is 2. The highest BCUT2D eigenvalue weighted by atomic mass is 79.9. The molecular formula is C18H25BrN2O4. The van der Waals surface area contributed by atoms with Crippen molar-refractivity contribution in [2.75, 3.05) is 6.54 Å². The van der Waals surface area contributed by atoms with E-state index in [2.05, 4.69) is 26.6 Å². The Bertz CT molecular complexity index is 638. The quantitative estimate of drug-likeness (QED) is 0.703. The van der Waals surface area contributed by atoms with Gasteiger partial charge in [-0.25, -0.2) is 0 Å². The van der Waals surface area contributed by atoms with E-state index in [-0.39, 0.29) is 18.4 Å². The molecule has 2 N–H and O–H groups in total. The second kappa shape index (κ2) is 8.99. The van der Waals surface area contributed by atoms with Crippen molar-refractivity contribution in [2.24, 2.45) is 5.92 Å². The number of rotatable bonds is 6. The van der Waals surface area contributed by atoms with E-state index < -0.39 is 23.5 Å². The van der Waals surface area contributed by atoms with Crippen LogP contribution in [0.3, 0.4) is 0 Å². The molecule has 0 aliphatic carbocycles. The van der Waals surface area contributed by atoms with Crippen molar-refractivity contribution in [2.45, 2.75) is 46.3 Å². The van der Waals surface area contributed by atoms with E-state index in [1.54, 1.807) is 45.0 Å². The number of halogens is 1. The third-order valence-corrected chi connectivity index (χ3v) is 3.87. The van der Waals surface area contributed by atoms with E-state index in [1.165, 1.54) is 0 Å². The minimum atomic E-state index is -0.762. The molecule has 1 aromatic carbocycles. The number of esters is 1. The third-order valence-electron chi connectivity index (χ3n) is 3.18. The van der Waals surface area contributed by atoms with Crippen molar-refractivity contribution in [3.63, 3.8) is 0 Å². The summed E-state index contributed by atoms with van der Waals surface area (Å²) >= 11 is 3.32. The smallest absolute Gasteiger partial charge is 0.325 e. The average molecular weight is 413 g/mol. The number of carbonyl (C=O) groups excluding carboxylic acids is 3. The third kappa shape index (κ3) is 7.25. The lowest BCUT2D eigenvalue weighted by atomic mass is 10.0. The van der Waals surface area contributed by atoms with E-state index in [1.807, 2.05) is 13.8 Å². The molecule has 0 aromatic heterocycles. The van der Waals surface area contributed by atoms with Crippen molar-refractivity contribution >= 4 is 33.7 Å². The second-order valence-electron chi connectivity index (χ2n) is 6.98. The van der Waals surface area contributed by atoms with Gasteiger partial charge in [-0.1, -0.05) is 26.0 Å². The molecular weight excluding hydrogens is 388 g/mol. The Morgan fingerprint density at radius 2 is 1.76 bits per heavy atom. The normalized spacial score (nSPS) is 12.4. The Balaban J connectivity index is 2.70. The van der Waals surface area contributed by atoms with Crippen molar-refractivity contribution in [1.29, 1.82) is 0 Å². The first kappa shape index (κ1) is 21.2. The van der Waals surface area contributed by atoms with Crippen LogP contribution in [-0.2, 0) is 14.3 Å². The van der Waals surface area contributed by atoms with Crippen molar-refractivity contribution < 1.29 is 19.1 Å². The molecule has 1 aromatic rings. The first-order valence-electron chi connectivity index (χ1n) is 8.06. The molecule has 2 amide bonds. The van der Waals surface area contributed by atoms with Crippen LogP contribution in [0.15, 0.2) is 28.7 Å². The Morgan fingerprint density at radius 1 is 1.16 bits per heavy atom. The maximum absolute atomic E-state index is 12.4. The van der Waals surface area contributed by atoms with Gasteiger partial charge in [0.25, 0.3) is 5.91 Å². The Morgan fingerprint density at radius 3 is 2.28 bits per heavy atom. The molecule has 0 heterocycles. The van der Waals surface area contributed by atoms with Gasteiger partial charge < -0.3 is 15.4 Å². The second-order valence-corrected chi connectivity index (χ2v) is 7.83. The molecule has 1 atom stereocenters. The summed E-state index contributed by atoms with van der Waals surface area (Å²) in [7, 11) is 0. The zero-order valence-corrected chi connectivity index (χ0v) is 16.8. The number of nitrogens with one attached hydrogen (secondary N) is 2. The lowest BCUT2D eigenvalue weighted by molar-refractivity contribution is -0.154. The molecule has 0 saturated heterocycles. The SMILES string of the molecule is CC(C)C(NC(=O)c1ccccc1Br)C(=O)NCC(=O)OC(C)(C)C. The molecule has 0 saturated carbocycles. The highest BCUT2D eigenvalue weighted by molar-refractivity contribution is 9.10. The Hall–Kier alpha value is -1.89. The first-order valence-corrected chi connectivity index (χ1v) is 8.85. The monoisotopic (exact) mass is 412 g/mol. The van der Waals surface area contributed by atoms with E-state index in [9.17, 15) is 14.4 Å². The molecule has 0 bridgehead atoms. The summed E-state index contributed by atoms with van der Waals surface area (Å²) in [6.45, 7) is 8.64. The predicted molar refractivity (Wildman–Crippen MR) is 99.1 cm³/mol. The average Bonchev–Trinajstić information content (AvgIpc) is 2.48. The van der Waals surface area contributed by atoms with Gasteiger partial charge in [-0.05, 0) is 54.8 Å². The maximum atomic E-state index is 12.4.